The molecule has 28 heavy (non-hydrogen) atoms. The normalized spacial score (nSPS) is 12.1. The molecule has 4 heteroatoms. The average Bonchev–Trinajstić information content (AvgIpc) is 3.22. The molecule has 2 aromatic carbocycles. The number of para-hydroxylation sites is 2. The van der Waals surface area contributed by atoms with Crippen molar-refractivity contribution in [3.8, 4) is 11.4 Å². The minimum absolute atomic E-state index is 1.02. The van der Waals surface area contributed by atoms with Gasteiger partial charge in [0.25, 0.3) is 0 Å². The van der Waals surface area contributed by atoms with E-state index in [2.05, 4.69) is 96.5 Å². The Hall–Kier alpha value is -2.56. The first-order chi connectivity index (χ1) is 13.5. The van der Waals surface area contributed by atoms with Gasteiger partial charge in [0.15, 0.2) is 0 Å². The summed E-state index contributed by atoms with van der Waals surface area (Å²) in [6, 6.07) is 17.3. The minimum atomic E-state index is 1.02. The molecule has 2 aromatic heterocycles. The SMILES string of the molecule is CN(C)CCc1c(-c2[nH]c3ccccc3c2CCN(C)C)[nH]c2ccccc12. The molecule has 4 nitrogen and oxygen atoms in total. The van der Waals surface area contributed by atoms with E-state index in [-0.39, 0.29) is 0 Å². The van der Waals surface area contributed by atoms with Crippen LogP contribution in [0.4, 0.5) is 0 Å². The fourth-order valence-corrected chi connectivity index (χ4v) is 4.02. The molecule has 4 aromatic rings. The fraction of sp³-hybridized carbons (Fsp3) is 0.333. The van der Waals surface area contributed by atoms with Gasteiger partial charge in [-0.1, -0.05) is 36.4 Å². The van der Waals surface area contributed by atoms with Crippen molar-refractivity contribution in [2.45, 2.75) is 12.8 Å². The van der Waals surface area contributed by atoms with Gasteiger partial charge in [0.05, 0.1) is 11.4 Å². The Labute approximate surface area is 167 Å². The van der Waals surface area contributed by atoms with Gasteiger partial charge in [-0.05, 0) is 64.3 Å². The predicted octanol–water partition coefficient (Wildman–Crippen LogP) is 4.52. The van der Waals surface area contributed by atoms with Crippen molar-refractivity contribution >= 4 is 21.8 Å². The van der Waals surface area contributed by atoms with E-state index in [9.17, 15) is 0 Å². The van der Waals surface area contributed by atoms with E-state index >= 15 is 0 Å². The summed E-state index contributed by atoms with van der Waals surface area (Å²) in [6.45, 7) is 2.06. The standard InChI is InChI=1S/C24H30N4/c1-27(2)15-13-19-17-9-5-7-11-21(17)25-23(19)24-20(14-16-28(3)4)18-10-6-8-12-22(18)26-24/h5-12,25-26H,13-16H2,1-4H3. The molecule has 0 aliphatic rings. The molecule has 146 valence electrons. The highest BCUT2D eigenvalue weighted by atomic mass is 15.1. The van der Waals surface area contributed by atoms with Crippen LogP contribution in [-0.2, 0) is 12.8 Å². The molecule has 0 unspecified atom stereocenters. The van der Waals surface area contributed by atoms with E-state index in [0.29, 0.717) is 0 Å². The van der Waals surface area contributed by atoms with Crippen LogP contribution in [0.15, 0.2) is 48.5 Å². The predicted molar refractivity (Wildman–Crippen MR) is 120 cm³/mol. The lowest BCUT2D eigenvalue weighted by atomic mass is 10.0. The van der Waals surface area contributed by atoms with Gasteiger partial charge in [-0.15, -0.1) is 0 Å². The first-order valence-corrected chi connectivity index (χ1v) is 10.0. The first kappa shape index (κ1) is 18.8. The van der Waals surface area contributed by atoms with E-state index in [1.54, 1.807) is 0 Å². The van der Waals surface area contributed by atoms with Crippen LogP contribution in [-0.4, -0.2) is 61.0 Å². The zero-order valence-corrected chi connectivity index (χ0v) is 17.3. The van der Waals surface area contributed by atoms with Crippen molar-refractivity contribution in [1.29, 1.82) is 0 Å². The summed E-state index contributed by atoms with van der Waals surface area (Å²) in [7, 11) is 8.56. The Balaban J connectivity index is 1.90. The number of H-pyrrole nitrogens is 2. The maximum Gasteiger partial charge on any atom is 0.0666 e. The molecule has 2 N–H and O–H groups in total. The summed E-state index contributed by atoms with van der Waals surface area (Å²) in [5.74, 6) is 0. The molecule has 0 radical (unpaired) electrons. The molecule has 0 amide bonds. The molecule has 2 heterocycles. The highest BCUT2D eigenvalue weighted by Crippen LogP contribution is 2.36. The minimum Gasteiger partial charge on any atom is -0.353 e. The number of hydrogen-bond donors (Lipinski definition) is 2. The number of rotatable bonds is 7. The van der Waals surface area contributed by atoms with Crippen LogP contribution in [0.1, 0.15) is 11.1 Å². The number of aromatic nitrogens is 2. The number of fused-ring (bicyclic) bond motifs is 2. The van der Waals surface area contributed by atoms with Gasteiger partial charge in [0.1, 0.15) is 0 Å². The topological polar surface area (TPSA) is 38.1 Å². The summed E-state index contributed by atoms with van der Waals surface area (Å²) >= 11 is 0. The maximum atomic E-state index is 3.73. The highest BCUT2D eigenvalue weighted by Gasteiger charge is 2.19. The molecule has 0 atom stereocenters. The third-order valence-corrected chi connectivity index (χ3v) is 5.50. The highest BCUT2D eigenvalue weighted by molar-refractivity contribution is 5.95. The molecule has 0 bridgehead atoms. The van der Waals surface area contributed by atoms with E-state index < -0.39 is 0 Å². The van der Waals surface area contributed by atoms with Crippen molar-refractivity contribution in [2.24, 2.45) is 0 Å². The first-order valence-electron chi connectivity index (χ1n) is 10.0. The Kier molecular flexibility index (Phi) is 5.25. The van der Waals surface area contributed by atoms with Crippen molar-refractivity contribution in [1.82, 2.24) is 19.8 Å². The molecule has 4 rings (SSSR count). The zero-order chi connectivity index (χ0) is 19.7. The van der Waals surface area contributed by atoms with Gasteiger partial charge < -0.3 is 19.8 Å². The van der Waals surface area contributed by atoms with Gasteiger partial charge >= 0.3 is 0 Å². The maximum absolute atomic E-state index is 3.73. The molecule has 0 spiro atoms. The summed E-state index contributed by atoms with van der Waals surface area (Å²) in [6.07, 6.45) is 2.05. The van der Waals surface area contributed by atoms with Gasteiger partial charge in [0.2, 0.25) is 0 Å². The van der Waals surface area contributed by atoms with Crippen molar-refractivity contribution < 1.29 is 0 Å². The number of aromatic amines is 2. The Morgan fingerprint density at radius 3 is 1.39 bits per heavy atom. The van der Waals surface area contributed by atoms with E-state index in [1.165, 1.54) is 44.3 Å². The molecule has 0 aliphatic carbocycles. The Morgan fingerprint density at radius 1 is 0.607 bits per heavy atom. The number of likely N-dealkylation sites (N-methyl/N-ethyl adjacent to an activating group) is 2. The second-order valence-electron chi connectivity index (χ2n) is 8.15. The molecule has 0 aliphatic heterocycles. The van der Waals surface area contributed by atoms with E-state index in [1.807, 2.05) is 0 Å². The second kappa shape index (κ2) is 7.82. The number of hydrogen-bond acceptors (Lipinski definition) is 2. The van der Waals surface area contributed by atoms with Gasteiger partial charge in [-0.3, -0.25) is 0 Å². The van der Waals surface area contributed by atoms with Crippen LogP contribution in [0.2, 0.25) is 0 Å². The molecular formula is C24H30N4. The molecular weight excluding hydrogens is 344 g/mol. The van der Waals surface area contributed by atoms with Crippen LogP contribution in [0.25, 0.3) is 33.2 Å². The summed E-state index contributed by atoms with van der Waals surface area (Å²) < 4.78 is 0. The van der Waals surface area contributed by atoms with E-state index in [4.69, 9.17) is 0 Å². The molecule has 0 saturated heterocycles. The van der Waals surface area contributed by atoms with Gasteiger partial charge in [0, 0.05) is 34.9 Å². The third-order valence-electron chi connectivity index (χ3n) is 5.50. The summed E-state index contributed by atoms with van der Waals surface area (Å²) in [5, 5.41) is 2.66. The second-order valence-corrected chi connectivity index (χ2v) is 8.15. The van der Waals surface area contributed by atoms with Crippen LogP contribution in [0.5, 0.6) is 0 Å². The van der Waals surface area contributed by atoms with E-state index in [0.717, 1.165) is 25.9 Å². The molecule has 0 saturated carbocycles. The number of nitrogens with one attached hydrogen (secondary N) is 2. The van der Waals surface area contributed by atoms with Crippen LogP contribution < -0.4 is 0 Å². The Morgan fingerprint density at radius 2 is 1.00 bits per heavy atom. The smallest absolute Gasteiger partial charge is 0.0666 e. The van der Waals surface area contributed by atoms with Crippen LogP contribution in [0.3, 0.4) is 0 Å². The quantitative estimate of drug-likeness (QED) is 0.499. The van der Waals surface area contributed by atoms with Gasteiger partial charge in [-0.2, -0.15) is 0 Å². The van der Waals surface area contributed by atoms with Gasteiger partial charge in [-0.25, -0.2) is 0 Å². The fourth-order valence-electron chi connectivity index (χ4n) is 4.02. The lowest BCUT2D eigenvalue weighted by molar-refractivity contribution is 0.413. The van der Waals surface area contributed by atoms with Crippen molar-refractivity contribution in [3.63, 3.8) is 0 Å². The van der Waals surface area contributed by atoms with Crippen LogP contribution >= 0.6 is 0 Å². The van der Waals surface area contributed by atoms with Crippen molar-refractivity contribution in [2.75, 3.05) is 41.3 Å². The van der Waals surface area contributed by atoms with Crippen molar-refractivity contribution in [3.05, 3.63) is 59.7 Å². The monoisotopic (exact) mass is 374 g/mol. The van der Waals surface area contributed by atoms with Crippen LogP contribution in [0, 0.1) is 0 Å². The summed E-state index contributed by atoms with van der Waals surface area (Å²) in [4.78, 5) is 12.0. The number of benzene rings is 2. The molecule has 0 fully saturated rings. The average molecular weight is 375 g/mol. The summed E-state index contributed by atoms with van der Waals surface area (Å²) in [5.41, 5.74) is 7.72. The largest absolute Gasteiger partial charge is 0.353 e. The third kappa shape index (κ3) is 3.58. The number of nitrogens with zero attached hydrogens (tertiary/aromatic N) is 2. The Bertz CT molecular complexity index is 997. The zero-order valence-electron chi connectivity index (χ0n) is 17.3. The lowest BCUT2D eigenvalue weighted by Gasteiger charge is -2.13. The lowest BCUT2D eigenvalue weighted by Crippen LogP contribution is -2.16.